The summed E-state index contributed by atoms with van der Waals surface area (Å²) in [6.07, 6.45) is -0.756. The van der Waals surface area contributed by atoms with E-state index < -0.39 is 12.8 Å². The van der Waals surface area contributed by atoms with Gasteiger partial charge < -0.3 is 15.0 Å². The molecule has 0 atom stereocenters. The van der Waals surface area contributed by atoms with E-state index in [1.165, 1.54) is 0 Å². The number of piperidine rings is 1. The third-order valence-corrected chi connectivity index (χ3v) is 6.74. The molecule has 1 fully saturated rings. The molecule has 198 valence electrons. The van der Waals surface area contributed by atoms with Gasteiger partial charge in [-0.15, -0.1) is 0 Å². The summed E-state index contributed by atoms with van der Waals surface area (Å²) in [5.74, 6) is -0.00266. The van der Waals surface area contributed by atoms with E-state index in [0.29, 0.717) is 41.7 Å². The van der Waals surface area contributed by atoms with Crippen molar-refractivity contribution in [3.63, 3.8) is 0 Å². The zero-order valence-corrected chi connectivity index (χ0v) is 21.1. The smallest absolute Gasteiger partial charge is 0.370 e. The molecule has 1 aliphatic rings. The van der Waals surface area contributed by atoms with Gasteiger partial charge >= 0.3 is 6.18 Å². The van der Waals surface area contributed by atoms with Gasteiger partial charge in [0, 0.05) is 53.9 Å². The predicted molar refractivity (Wildman–Crippen MR) is 134 cm³/mol. The van der Waals surface area contributed by atoms with E-state index in [9.17, 15) is 22.8 Å². The number of nitrogens with zero attached hydrogens (tertiary/aromatic N) is 3. The molecule has 4 rings (SSSR count). The topological polar surface area (TPSA) is 76.5 Å². The minimum Gasteiger partial charge on any atom is -0.370 e. The fourth-order valence-corrected chi connectivity index (χ4v) is 4.62. The van der Waals surface area contributed by atoms with Gasteiger partial charge in [0.1, 0.15) is 6.61 Å². The van der Waals surface area contributed by atoms with Crippen LogP contribution in [0.5, 0.6) is 0 Å². The van der Waals surface area contributed by atoms with E-state index in [4.69, 9.17) is 11.6 Å². The number of carbonyl (C=O) groups excluding carboxylic acids is 2. The molecular formula is C26H28ClF3N4O3. The van der Waals surface area contributed by atoms with E-state index in [-0.39, 0.29) is 25.0 Å². The number of ether oxygens (including phenoxy) is 1. The predicted octanol–water partition coefficient (Wildman–Crippen LogP) is 4.86. The van der Waals surface area contributed by atoms with E-state index in [2.05, 4.69) is 15.2 Å². The summed E-state index contributed by atoms with van der Waals surface area (Å²) in [5.41, 5.74) is 2.58. The lowest BCUT2D eigenvalue weighted by atomic mass is 9.96. The number of rotatable bonds is 8. The van der Waals surface area contributed by atoms with Gasteiger partial charge in [0.15, 0.2) is 0 Å². The maximum atomic E-state index is 12.7. The number of hydrogen-bond acceptors (Lipinski definition) is 4. The maximum absolute atomic E-state index is 12.7. The summed E-state index contributed by atoms with van der Waals surface area (Å²) >= 11 is 5.92. The first-order valence-corrected chi connectivity index (χ1v) is 12.4. The number of fused-ring (bicyclic) bond motifs is 1. The van der Waals surface area contributed by atoms with Crippen LogP contribution in [0.4, 0.5) is 13.2 Å². The van der Waals surface area contributed by atoms with Crippen LogP contribution in [-0.4, -0.2) is 65.5 Å². The Morgan fingerprint density at radius 3 is 2.51 bits per heavy atom. The molecule has 1 aliphatic heterocycles. The Morgan fingerprint density at radius 2 is 1.84 bits per heavy atom. The number of halogens is 4. The molecule has 37 heavy (non-hydrogen) atoms. The number of carbonyl (C=O) groups is 2. The zero-order chi connectivity index (χ0) is 26.6. The monoisotopic (exact) mass is 536 g/mol. The minimum absolute atomic E-state index is 0.00768. The molecule has 0 bridgehead atoms. The standard InChI is InChI=1S/C26H28ClF3N4O3/c1-17-21(24(35)31-10-13-37-16-26(28,29)30)6-7-23-22(17)15-34(32-23)14-18-8-11-33(12-9-18)25(36)19-2-4-20(27)5-3-19/h2-7,15,18H,8-14,16H2,1H3,(H,31,35). The lowest BCUT2D eigenvalue weighted by molar-refractivity contribution is -0.173. The zero-order valence-electron chi connectivity index (χ0n) is 20.4. The van der Waals surface area contributed by atoms with Crippen LogP contribution in [0.2, 0.25) is 5.02 Å². The lowest BCUT2D eigenvalue weighted by Crippen LogP contribution is -2.39. The van der Waals surface area contributed by atoms with Gasteiger partial charge in [-0.05, 0) is 67.6 Å². The summed E-state index contributed by atoms with van der Waals surface area (Å²) in [7, 11) is 0. The number of aromatic nitrogens is 2. The first-order chi connectivity index (χ1) is 17.6. The van der Waals surface area contributed by atoms with Gasteiger partial charge in [-0.25, -0.2) is 0 Å². The third kappa shape index (κ3) is 7.01. The molecule has 0 unspecified atom stereocenters. The summed E-state index contributed by atoms with van der Waals surface area (Å²) in [4.78, 5) is 27.1. The highest BCUT2D eigenvalue weighted by atomic mass is 35.5. The molecule has 0 saturated carbocycles. The van der Waals surface area contributed by atoms with Crippen molar-refractivity contribution in [3.8, 4) is 0 Å². The number of likely N-dealkylation sites (tertiary alicyclic amines) is 1. The van der Waals surface area contributed by atoms with Crippen LogP contribution in [0, 0.1) is 12.8 Å². The Morgan fingerprint density at radius 1 is 1.14 bits per heavy atom. The average molecular weight is 537 g/mol. The molecule has 2 heterocycles. The number of nitrogens with one attached hydrogen (secondary N) is 1. The van der Waals surface area contributed by atoms with Crippen LogP contribution in [0.15, 0.2) is 42.6 Å². The number of amides is 2. The van der Waals surface area contributed by atoms with Gasteiger partial charge in [-0.2, -0.15) is 18.3 Å². The maximum Gasteiger partial charge on any atom is 0.411 e. The van der Waals surface area contributed by atoms with Crippen molar-refractivity contribution in [2.75, 3.05) is 32.8 Å². The SMILES string of the molecule is Cc1c(C(=O)NCCOCC(F)(F)F)ccc2nn(CC3CCN(C(=O)c4ccc(Cl)cc4)CC3)cc12. The van der Waals surface area contributed by atoms with Crippen LogP contribution in [0.25, 0.3) is 10.9 Å². The molecule has 11 heteroatoms. The van der Waals surface area contributed by atoms with Crippen LogP contribution >= 0.6 is 11.6 Å². The number of benzene rings is 2. The second-order valence-electron chi connectivity index (χ2n) is 9.19. The Bertz CT molecular complexity index is 1250. The Kier molecular flexibility index (Phi) is 8.39. The van der Waals surface area contributed by atoms with Crippen molar-refractivity contribution in [2.45, 2.75) is 32.5 Å². The van der Waals surface area contributed by atoms with Crippen LogP contribution in [0.1, 0.15) is 39.1 Å². The molecule has 7 nitrogen and oxygen atoms in total. The van der Waals surface area contributed by atoms with Gasteiger partial charge in [-0.3, -0.25) is 14.3 Å². The van der Waals surface area contributed by atoms with Crippen LogP contribution in [-0.2, 0) is 11.3 Å². The Labute approximate surface area is 217 Å². The van der Waals surface area contributed by atoms with Gasteiger partial charge in [0.05, 0.1) is 12.1 Å². The third-order valence-electron chi connectivity index (χ3n) is 6.49. The van der Waals surface area contributed by atoms with E-state index in [1.54, 1.807) is 36.4 Å². The molecule has 2 aromatic carbocycles. The molecule has 1 N–H and O–H groups in total. The molecular weight excluding hydrogens is 509 g/mol. The second kappa shape index (κ2) is 11.5. The number of hydrogen-bond donors (Lipinski definition) is 1. The van der Waals surface area contributed by atoms with Crippen molar-refractivity contribution < 1.29 is 27.5 Å². The van der Waals surface area contributed by atoms with Gasteiger partial charge in [0.25, 0.3) is 11.8 Å². The lowest BCUT2D eigenvalue weighted by Gasteiger charge is -2.32. The molecule has 2 amide bonds. The summed E-state index contributed by atoms with van der Waals surface area (Å²) in [5, 5.41) is 8.69. The van der Waals surface area contributed by atoms with Crippen molar-refractivity contribution in [1.82, 2.24) is 20.0 Å². The number of alkyl halides is 3. The molecule has 0 radical (unpaired) electrons. The van der Waals surface area contributed by atoms with Gasteiger partial charge in [-0.1, -0.05) is 11.6 Å². The summed E-state index contributed by atoms with van der Waals surface area (Å²) in [6, 6.07) is 10.3. The highest BCUT2D eigenvalue weighted by Gasteiger charge is 2.27. The van der Waals surface area contributed by atoms with Crippen LogP contribution < -0.4 is 5.32 Å². The fraction of sp³-hybridized carbons (Fsp3) is 0.423. The van der Waals surface area contributed by atoms with E-state index >= 15 is 0 Å². The highest BCUT2D eigenvalue weighted by molar-refractivity contribution is 6.30. The fourth-order valence-electron chi connectivity index (χ4n) is 4.50. The normalized spacial score (nSPS) is 14.8. The van der Waals surface area contributed by atoms with Crippen molar-refractivity contribution in [3.05, 3.63) is 64.3 Å². The molecule has 1 saturated heterocycles. The van der Waals surface area contributed by atoms with Crippen LogP contribution in [0.3, 0.4) is 0 Å². The average Bonchev–Trinajstić information content (AvgIpc) is 3.27. The van der Waals surface area contributed by atoms with Crippen molar-refractivity contribution >= 4 is 34.3 Å². The first-order valence-electron chi connectivity index (χ1n) is 12.0. The molecule has 0 aliphatic carbocycles. The molecule has 1 aromatic heterocycles. The summed E-state index contributed by atoms with van der Waals surface area (Å²) in [6.45, 7) is 2.27. The van der Waals surface area contributed by atoms with E-state index in [0.717, 1.165) is 29.3 Å². The Hall–Kier alpha value is -3.11. The minimum atomic E-state index is -4.39. The van der Waals surface area contributed by atoms with Gasteiger partial charge in [0.2, 0.25) is 0 Å². The largest absolute Gasteiger partial charge is 0.411 e. The second-order valence-corrected chi connectivity index (χ2v) is 9.62. The molecule has 0 spiro atoms. The highest BCUT2D eigenvalue weighted by Crippen LogP contribution is 2.25. The summed E-state index contributed by atoms with van der Waals surface area (Å²) < 4.78 is 42.8. The van der Waals surface area contributed by atoms with Crippen molar-refractivity contribution in [2.24, 2.45) is 5.92 Å². The quantitative estimate of drug-likeness (QED) is 0.417. The number of aryl methyl sites for hydroxylation is 1. The Balaban J connectivity index is 1.31. The van der Waals surface area contributed by atoms with Crippen molar-refractivity contribution in [1.29, 1.82) is 0 Å². The molecule has 3 aromatic rings. The van der Waals surface area contributed by atoms with E-state index in [1.807, 2.05) is 22.7 Å². The first kappa shape index (κ1) is 26.9.